The number of hydrogen-bond donors (Lipinski definition) is 2. The topological polar surface area (TPSA) is 78.9 Å². The van der Waals surface area contributed by atoms with Gasteiger partial charge >= 0.3 is 12.0 Å². The van der Waals surface area contributed by atoms with E-state index in [1.807, 2.05) is 6.92 Å². The molecule has 1 aromatic carbocycles. The summed E-state index contributed by atoms with van der Waals surface area (Å²) in [5.41, 5.74) is 0.397. The molecule has 0 aliphatic carbocycles. The highest BCUT2D eigenvalue weighted by Crippen LogP contribution is 2.24. The van der Waals surface area contributed by atoms with Crippen LogP contribution in [0.2, 0.25) is 0 Å². The molecule has 1 fully saturated rings. The molecule has 7 heteroatoms. The number of aliphatic carboxylic acids is 1. The van der Waals surface area contributed by atoms with Crippen molar-refractivity contribution in [3.63, 3.8) is 0 Å². The molecule has 0 aromatic heterocycles. The first kappa shape index (κ1) is 16.1. The average molecular weight is 310 g/mol. The Bertz CT molecular complexity index is 579. The highest BCUT2D eigenvalue weighted by molar-refractivity contribution is 5.90. The first-order valence-electron chi connectivity index (χ1n) is 7.03. The summed E-state index contributed by atoms with van der Waals surface area (Å²) in [4.78, 5) is 24.9. The van der Waals surface area contributed by atoms with Gasteiger partial charge in [-0.25, -0.2) is 9.18 Å². The first-order chi connectivity index (χ1) is 10.4. The van der Waals surface area contributed by atoms with Crippen LogP contribution in [-0.4, -0.2) is 42.2 Å². The van der Waals surface area contributed by atoms with E-state index in [0.29, 0.717) is 18.7 Å². The molecule has 120 valence electrons. The minimum atomic E-state index is -0.896. The van der Waals surface area contributed by atoms with Crippen LogP contribution in [0.25, 0.3) is 0 Å². The fourth-order valence-electron chi connectivity index (χ4n) is 2.64. The quantitative estimate of drug-likeness (QED) is 0.898. The molecule has 6 nitrogen and oxygen atoms in total. The number of amides is 2. The molecule has 2 atom stereocenters. The number of anilines is 1. The third-order valence-electron chi connectivity index (χ3n) is 3.70. The van der Waals surface area contributed by atoms with Crippen molar-refractivity contribution in [1.29, 1.82) is 0 Å². The van der Waals surface area contributed by atoms with E-state index in [1.54, 1.807) is 0 Å². The lowest BCUT2D eigenvalue weighted by Crippen LogP contribution is -2.47. The lowest BCUT2D eigenvalue weighted by molar-refractivity contribution is -0.143. The summed E-state index contributed by atoms with van der Waals surface area (Å²) >= 11 is 0. The number of carboxylic acids is 1. The van der Waals surface area contributed by atoms with Crippen molar-refractivity contribution in [2.75, 3.05) is 25.5 Å². The van der Waals surface area contributed by atoms with Crippen molar-refractivity contribution < 1.29 is 23.8 Å². The summed E-state index contributed by atoms with van der Waals surface area (Å²) in [6, 6.07) is 3.62. The first-order valence-corrected chi connectivity index (χ1v) is 7.03. The Morgan fingerprint density at radius 2 is 2.14 bits per heavy atom. The highest BCUT2D eigenvalue weighted by Gasteiger charge is 2.31. The van der Waals surface area contributed by atoms with Gasteiger partial charge in [-0.2, -0.15) is 0 Å². The molecule has 1 heterocycles. The molecular formula is C15H19FN2O4. The van der Waals surface area contributed by atoms with E-state index in [4.69, 9.17) is 9.84 Å². The Kier molecular flexibility index (Phi) is 4.85. The number of carbonyl (C=O) groups is 2. The number of piperidine rings is 1. The minimum absolute atomic E-state index is 0.0354. The number of rotatable bonds is 3. The van der Waals surface area contributed by atoms with Gasteiger partial charge in [0.25, 0.3) is 0 Å². The molecule has 1 aromatic rings. The number of benzene rings is 1. The maximum atomic E-state index is 13.3. The van der Waals surface area contributed by atoms with Crippen LogP contribution in [0, 0.1) is 17.7 Å². The number of halogens is 1. The van der Waals surface area contributed by atoms with Crippen molar-refractivity contribution in [3.8, 4) is 5.75 Å². The molecule has 2 rings (SSSR count). The van der Waals surface area contributed by atoms with Crippen LogP contribution in [0.15, 0.2) is 18.2 Å². The van der Waals surface area contributed by atoms with Gasteiger partial charge in [0, 0.05) is 24.8 Å². The van der Waals surface area contributed by atoms with Crippen LogP contribution in [0.5, 0.6) is 5.75 Å². The third-order valence-corrected chi connectivity index (χ3v) is 3.70. The van der Waals surface area contributed by atoms with Crippen molar-refractivity contribution in [1.82, 2.24) is 4.90 Å². The van der Waals surface area contributed by atoms with Crippen LogP contribution >= 0.6 is 0 Å². The fourth-order valence-corrected chi connectivity index (χ4v) is 2.64. The molecule has 0 bridgehead atoms. The summed E-state index contributed by atoms with van der Waals surface area (Å²) in [6.45, 7) is 2.58. The van der Waals surface area contributed by atoms with Gasteiger partial charge in [0.05, 0.1) is 13.0 Å². The molecule has 1 aliphatic heterocycles. The van der Waals surface area contributed by atoms with Gasteiger partial charge in [-0.05, 0) is 24.5 Å². The Hall–Kier alpha value is -2.31. The number of hydrogen-bond acceptors (Lipinski definition) is 3. The van der Waals surface area contributed by atoms with Gasteiger partial charge in [0.1, 0.15) is 0 Å². The van der Waals surface area contributed by atoms with Crippen molar-refractivity contribution in [2.45, 2.75) is 13.3 Å². The normalized spacial score (nSPS) is 21.3. The molecule has 2 N–H and O–H groups in total. The fraction of sp³-hybridized carbons (Fsp3) is 0.467. The predicted octanol–water partition coefficient (Wildman–Crippen LogP) is 2.41. The molecule has 0 spiro atoms. The Morgan fingerprint density at radius 1 is 1.41 bits per heavy atom. The predicted molar refractivity (Wildman–Crippen MR) is 78.5 cm³/mol. The van der Waals surface area contributed by atoms with Gasteiger partial charge < -0.3 is 20.1 Å². The van der Waals surface area contributed by atoms with Crippen molar-refractivity contribution >= 4 is 17.7 Å². The van der Waals surface area contributed by atoms with E-state index in [1.165, 1.54) is 30.2 Å². The third kappa shape index (κ3) is 3.66. The zero-order valence-electron chi connectivity index (χ0n) is 12.5. The van der Waals surface area contributed by atoms with E-state index in [9.17, 15) is 14.0 Å². The largest absolute Gasteiger partial charge is 0.494 e. The van der Waals surface area contributed by atoms with Crippen molar-refractivity contribution in [3.05, 3.63) is 24.0 Å². The zero-order valence-corrected chi connectivity index (χ0v) is 12.5. The van der Waals surface area contributed by atoms with Crippen LogP contribution in [0.1, 0.15) is 13.3 Å². The maximum Gasteiger partial charge on any atom is 0.321 e. The second kappa shape index (κ2) is 6.64. The number of carbonyl (C=O) groups excluding carboxylic acids is 1. The monoisotopic (exact) mass is 310 g/mol. The van der Waals surface area contributed by atoms with Gasteiger partial charge in [-0.3, -0.25) is 4.79 Å². The Balaban J connectivity index is 2.06. The highest BCUT2D eigenvalue weighted by atomic mass is 19.1. The van der Waals surface area contributed by atoms with Crippen LogP contribution in [0.4, 0.5) is 14.9 Å². The van der Waals surface area contributed by atoms with E-state index < -0.39 is 23.7 Å². The average Bonchev–Trinajstić information content (AvgIpc) is 2.48. The number of likely N-dealkylation sites (tertiary alicyclic amines) is 1. The van der Waals surface area contributed by atoms with Crippen LogP contribution in [0.3, 0.4) is 0 Å². The van der Waals surface area contributed by atoms with E-state index in [-0.39, 0.29) is 18.2 Å². The number of nitrogens with one attached hydrogen (secondary N) is 1. The minimum Gasteiger partial charge on any atom is -0.494 e. The summed E-state index contributed by atoms with van der Waals surface area (Å²) in [7, 11) is 1.34. The lowest BCUT2D eigenvalue weighted by atomic mass is 9.91. The SMILES string of the molecule is COc1cc(NC(=O)N2CC(C)CC(C(=O)O)C2)ccc1F. The lowest BCUT2D eigenvalue weighted by Gasteiger charge is -2.34. The van der Waals surface area contributed by atoms with Crippen LogP contribution in [-0.2, 0) is 4.79 Å². The van der Waals surface area contributed by atoms with Gasteiger partial charge in [-0.1, -0.05) is 6.92 Å². The smallest absolute Gasteiger partial charge is 0.321 e. The van der Waals surface area contributed by atoms with Gasteiger partial charge in [0.2, 0.25) is 0 Å². The molecule has 0 radical (unpaired) electrons. The number of nitrogens with zero attached hydrogens (tertiary/aromatic N) is 1. The second-order valence-electron chi connectivity index (χ2n) is 5.56. The Labute approximate surface area is 127 Å². The van der Waals surface area contributed by atoms with E-state index in [0.717, 1.165) is 0 Å². The number of urea groups is 1. The van der Waals surface area contributed by atoms with E-state index >= 15 is 0 Å². The molecule has 1 saturated heterocycles. The van der Waals surface area contributed by atoms with Crippen LogP contribution < -0.4 is 10.1 Å². The standard InChI is InChI=1S/C15H19FN2O4/c1-9-5-10(14(19)20)8-18(7-9)15(21)17-11-3-4-12(16)13(6-11)22-2/h3-4,6,9-10H,5,7-8H2,1-2H3,(H,17,21)(H,19,20). The molecule has 1 aliphatic rings. The molecule has 2 unspecified atom stereocenters. The zero-order chi connectivity index (χ0) is 16.3. The van der Waals surface area contributed by atoms with E-state index in [2.05, 4.69) is 5.32 Å². The summed E-state index contributed by atoms with van der Waals surface area (Å²) in [5.74, 6) is -1.82. The number of methoxy groups -OCH3 is 1. The maximum absolute atomic E-state index is 13.3. The second-order valence-corrected chi connectivity index (χ2v) is 5.56. The molecule has 22 heavy (non-hydrogen) atoms. The van der Waals surface area contributed by atoms with Crippen molar-refractivity contribution in [2.24, 2.45) is 11.8 Å². The Morgan fingerprint density at radius 3 is 2.77 bits per heavy atom. The summed E-state index contributed by atoms with van der Waals surface area (Å²) in [6.07, 6.45) is 0.559. The molecule has 0 saturated carbocycles. The summed E-state index contributed by atoms with van der Waals surface area (Å²) < 4.78 is 18.2. The van der Waals surface area contributed by atoms with Gasteiger partial charge in [0.15, 0.2) is 11.6 Å². The molecule has 2 amide bonds. The van der Waals surface area contributed by atoms with Gasteiger partial charge in [-0.15, -0.1) is 0 Å². The number of carboxylic acid groups (broad SMARTS) is 1. The number of ether oxygens (including phenoxy) is 1. The summed E-state index contributed by atoms with van der Waals surface area (Å²) in [5, 5.41) is 11.8. The molecular weight excluding hydrogens is 291 g/mol.